The van der Waals surface area contributed by atoms with Crippen molar-refractivity contribution in [3.05, 3.63) is 64.9 Å². The number of rotatable bonds is 13. The van der Waals surface area contributed by atoms with Crippen LogP contribution < -0.4 is 4.31 Å². The Morgan fingerprint density at radius 1 is 1.13 bits per heavy atom. The molecule has 0 bridgehead atoms. The largest absolute Gasteiger partial charge is 0.363 e. The highest BCUT2D eigenvalue weighted by Crippen LogP contribution is 2.47. The summed E-state index contributed by atoms with van der Waals surface area (Å²) in [5, 5.41) is 4.69. The molecule has 2 heterocycles. The average molecular weight is 698 g/mol. The topological polar surface area (TPSA) is 105 Å². The van der Waals surface area contributed by atoms with E-state index in [1.54, 1.807) is 12.1 Å². The quantitative estimate of drug-likeness (QED) is 0.136. The third-order valence-corrected chi connectivity index (χ3v) is 11.6. The number of alkyl halides is 1. The molecule has 3 aliphatic rings. The Kier molecular flexibility index (Phi) is 9.23. The van der Waals surface area contributed by atoms with Gasteiger partial charge in [-0.25, -0.2) is 12.7 Å². The zero-order valence-corrected chi connectivity index (χ0v) is 28.6. The van der Waals surface area contributed by atoms with Gasteiger partial charge in [-0.15, -0.1) is 0 Å². The van der Waals surface area contributed by atoms with Gasteiger partial charge >= 0.3 is 0 Å². The summed E-state index contributed by atoms with van der Waals surface area (Å²) in [4.78, 5) is 20.8. The molecule has 0 unspecified atom stereocenters. The number of ether oxygens (including phenoxy) is 1. The maximum Gasteiger partial charge on any atom is 0.268 e. The second kappa shape index (κ2) is 13.0. The SMILES string of the molecule is CCCCC1=NC2(CCCC2)C(=O)N1Cc1ccc(-c2ccccc2S(=O)(=O)N(COC)c2noc(C)c2C2CC2)c(CBr)c1. The second-order valence-corrected chi connectivity index (χ2v) is 14.8. The fourth-order valence-corrected chi connectivity index (χ4v) is 8.79. The smallest absolute Gasteiger partial charge is 0.268 e. The lowest BCUT2D eigenvalue weighted by Gasteiger charge is -2.24. The molecule has 0 radical (unpaired) electrons. The minimum absolute atomic E-state index is 0.124. The van der Waals surface area contributed by atoms with Gasteiger partial charge in [0.25, 0.3) is 15.9 Å². The Labute approximate surface area is 274 Å². The average Bonchev–Trinajstić information content (AvgIpc) is 3.55. The number of carbonyl (C=O) groups excluding carboxylic acids is 1. The van der Waals surface area contributed by atoms with E-state index in [9.17, 15) is 13.2 Å². The first kappa shape index (κ1) is 31.9. The van der Waals surface area contributed by atoms with Crippen LogP contribution in [0.1, 0.15) is 93.1 Å². The number of amidine groups is 1. The first-order chi connectivity index (χ1) is 21.7. The molecule has 1 spiro atoms. The molecule has 2 aliphatic carbocycles. The van der Waals surface area contributed by atoms with Crippen molar-refractivity contribution >= 4 is 43.5 Å². The summed E-state index contributed by atoms with van der Waals surface area (Å²) in [6.45, 7) is 4.22. The number of hydrogen-bond donors (Lipinski definition) is 0. The summed E-state index contributed by atoms with van der Waals surface area (Å²) in [7, 11) is -2.63. The van der Waals surface area contributed by atoms with Crippen LogP contribution in [0.5, 0.6) is 0 Å². The van der Waals surface area contributed by atoms with Gasteiger partial charge in [-0.05, 0) is 67.7 Å². The molecular weight excluding hydrogens is 656 g/mol. The molecule has 0 saturated heterocycles. The predicted molar refractivity (Wildman–Crippen MR) is 178 cm³/mol. The number of aromatic nitrogens is 1. The molecular formula is C34H41BrN4O5S. The van der Waals surface area contributed by atoms with Gasteiger partial charge in [-0.2, -0.15) is 0 Å². The summed E-state index contributed by atoms with van der Waals surface area (Å²) in [6.07, 6.45) is 8.50. The van der Waals surface area contributed by atoms with Crippen molar-refractivity contribution in [1.29, 1.82) is 0 Å². The normalized spacial score (nSPS) is 17.8. The van der Waals surface area contributed by atoms with Crippen molar-refractivity contribution in [3.63, 3.8) is 0 Å². The lowest BCUT2D eigenvalue weighted by Crippen LogP contribution is -2.40. The lowest BCUT2D eigenvalue weighted by atomic mass is 9.97. The van der Waals surface area contributed by atoms with Gasteiger partial charge in [0, 0.05) is 30.0 Å². The minimum atomic E-state index is -4.10. The van der Waals surface area contributed by atoms with Crippen LogP contribution in [0.3, 0.4) is 0 Å². The van der Waals surface area contributed by atoms with Crippen LogP contribution >= 0.6 is 15.9 Å². The number of carbonyl (C=O) groups is 1. The number of hydrogen-bond acceptors (Lipinski definition) is 7. The molecule has 2 fully saturated rings. The van der Waals surface area contributed by atoms with Crippen LogP contribution in [0.2, 0.25) is 0 Å². The molecule has 2 saturated carbocycles. The molecule has 240 valence electrons. The Hall–Kier alpha value is -3.02. The second-order valence-electron chi connectivity index (χ2n) is 12.4. The summed E-state index contributed by atoms with van der Waals surface area (Å²) >= 11 is 3.65. The zero-order valence-electron chi connectivity index (χ0n) is 26.2. The first-order valence-corrected chi connectivity index (χ1v) is 18.5. The number of aryl methyl sites for hydroxylation is 1. The van der Waals surface area contributed by atoms with Crippen molar-refractivity contribution in [1.82, 2.24) is 10.1 Å². The molecule has 0 atom stereocenters. The molecule has 11 heteroatoms. The number of benzene rings is 2. The van der Waals surface area contributed by atoms with E-state index < -0.39 is 15.6 Å². The van der Waals surface area contributed by atoms with Crippen LogP contribution in [-0.2, 0) is 31.4 Å². The van der Waals surface area contributed by atoms with E-state index in [1.165, 1.54) is 11.4 Å². The van der Waals surface area contributed by atoms with Gasteiger partial charge in [0.15, 0.2) is 5.82 Å². The number of halogens is 1. The summed E-state index contributed by atoms with van der Waals surface area (Å²) in [6, 6.07) is 13.1. The Balaban J connectivity index is 1.34. The minimum Gasteiger partial charge on any atom is -0.363 e. The summed E-state index contributed by atoms with van der Waals surface area (Å²) in [5.74, 6) is 2.18. The van der Waals surface area contributed by atoms with Gasteiger partial charge in [-0.1, -0.05) is 83.7 Å². The van der Waals surface area contributed by atoms with Crippen molar-refractivity contribution in [2.75, 3.05) is 18.1 Å². The van der Waals surface area contributed by atoms with E-state index in [0.717, 1.165) is 85.9 Å². The maximum absolute atomic E-state index is 14.4. The van der Waals surface area contributed by atoms with E-state index in [2.05, 4.69) is 34.1 Å². The molecule has 9 nitrogen and oxygen atoms in total. The Bertz CT molecular complexity index is 1710. The predicted octanol–water partition coefficient (Wildman–Crippen LogP) is 7.47. The van der Waals surface area contributed by atoms with E-state index in [4.69, 9.17) is 14.3 Å². The molecule has 0 N–H and O–H groups in total. The molecule has 3 aromatic rings. The molecule has 1 aliphatic heterocycles. The van der Waals surface area contributed by atoms with Crippen LogP contribution in [0.4, 0.5) is 5.82 Å². The van der Waals surface area contributed by atoms with Crippen molar-refractivity contribution in [2.24, 2.45) is 4.99 Å². The highest BCUT2D eigenvalue weighted by Gasteiger charge is 2.49. The van der Waals surface area contributed by atoms with E-state index in [-0.39, 0.29) is 23.5 Å². The molecule has 45 heavy (non-hydrogen) atoms. The van der Waals surface area contributed by atoms with Crippen LogP contribution in [0.15, 0.2) is 56.9 Å². The lowest BCUT2D eigenvalue weighted by molar-refractivity contribution is -0.131. The standard InChI is InChI=1S/C34H41BrN4O5S/c1-4-5-12-30-36-34(17-8-9-18-34)33(40)38(30)21-24-13-16-27(26(19-24)20-35)28-10-6-7-11-29(28)45(41,42)39(22-43-3)32-31(25-14-15-25)23(2)44-37-32/h6-7,10-11,13,16,19,25H,4-5,8-9,12,14-15,17-18,20-22H2,1-3H3. The highest BCUT2D eigenvalue weighted by atomic mass is 79.9. The van der Waals surface area contributed by atoms with Gasteiger partial charge in [0.05, 0.1) is 11.4 Å². The van der Waals surface area contributed by atoms with Crippen molar-refractivity contribution < 1.29 is 22.5 Å². The number of amides is 1. The van der Waals surface area contributed by atoms with Crippen LogP contribution in [0, 0.1) is 6.92 Å². The van der Waals surface area contributed by atoms with Crippen molar-refractivity contribution in [3.8, 4) is 11.1 Å². The molecule has 1 amide bonds. The number of unbranched alkanes of at least 4 members (excludes halogenated alkanes) is 1. The van der Waals surface area contributed by atoms with Crippen LogP contribution in [0.25, 0.3) is 11.1 Å². The monoisotopic (exact) mass is 696 g/mol. The third kappa shape index (κ3) is 5.99. The van der Waals surface area contributed by atoms with E-state index in [0.29, 0.717) is 29.0 Å². The van der Waals surface area contributed by atoms with Gasteiger partial charge in [0.1, 0.15) is 23.9 Å². The van der Waals surface area contributed by atoms with Gasteiger partial charge < -0.3 is 9.26 Å². The van der Waals surface area contributed by atoms with Gasteiger partial charge in [0.2, 0.25) is 0 Å². The van der Waals surface area contributed by atoms with Crippen LogP contribution in [-0.4, -0.2) is 49.6 Å². The maximum atomic E-state index is 14.4. The summed E-state index contributed by atoms with van der Waals surface area (Å²) in [5.41, 5.74) is 3.54. The number of methoxy groups -OCH3 is 1. The van der Waals surface area contributed by atoms with E-state index in [1.807, 2.05) is 36.1 Å². The molecule has 1 aromatic heterocycles. The van der Waals surface area contributed by atoms with Crippen molar-refractivity contribution in [2.45, 2.75) is 99.9 Å². The number of aliphatic imine (C=N–C) groups is 1. The van der Waals surface area contributed by atoms with Gasteiger partial charge in [-0.3, -0.25) is 14.7 Å². The molecule has 2 aromatic carbocycles. The first-order valence-electron chi connectivity index (χ1n) is 15.9. The Morgan fingerprint density at radius 2 is 1.89 bits per heavy atom. The zero-order chi connectivity index (χ0) is 31.8. The summed E-state index contributed by atoms with van der Waals surface area (Å²) < 4.78 is 40.9. The number of nitrogens with zero attached hydrogens (tertiary/aromatic N) is 4. The fraction of sp³-hybridized carbons (Fsp3) is 0.500. The number of sulfonamides is 1. The third-order valence-electron chi connectivity index (χ3n) is 9.24. The molecule has 6 rings (SSSR count). The number of anilines is 1. The Morgan fingerprint density at radius 3 is 2.58 bits per heavy atom. The fourth-order valence-electron chi connectivity index (χ4n) is 6.78. The van der Waals surface area contributed by atoms with E-state index >= 15 is 0 Å². The highest BCUT2D eigenvalue weighted by molar-refractivity contribution is 9.08.